The third-order valence-electron chi connectivity index (χ3n) is 1.66. The highest BCUT2D eigenvalue weighted by Gasteiger charge is 2.27. The van der Waals surface area contributed by atoms with Crippen molar-refractivity contribution in [2.75, 3.05) is 31.1 Å². The molecule has 1 saturated heterocycles. The molecular formula is C7H13N3O2S. The summed E-state index contributed by atoms with van der Waals surface area (Å²) in [5.41, 5.74) is 5.30. The molecule has 1 aliphatic heterocycles. The predicted molar refractivity (Wildman–Crippen MR) is 51.5 cm³/mol. The molecular weight excluding hydrogens is 190 g/mol. The molecule has 0 bridgehead atoms. The molecule has 0 aromatic heterocycles. The van der Waals surface area contributed by atoms with Gasteiger partial charge in [0.25, 0.3) is 0 Å². The molecule has 5 nitrogen and oxygen atoms in total. The number of urea groups is 1. The Morgan fingerprint density at radius 3 is 2.77 bits per heavy atom. The molecule has 0 radical (unpaired) electrons. The van der Waals surface area contributed by atoms with Gasteiger partial charge in [-0.15, -0.1) is 0 Å². The Bertz CT molecular complexity index is 194. The molecule has 1 rings (SSSR count). The minimum absolute atomic E-state index is 0.139. The number of nitrogens with zero attached hydrogens (tertiary/aromatic N) is 1. The summed E-state index contributed by atoms with van der Waals surface area (Å²) >= 11 is 1.65. The molecule has 0 aliphatic carbocycles. The Labute approximate surface area is 81.0 Å². The Balaban J connectivity index is 2.20. The molecule has 0 aromatic carbocycles. The lowest BCUT2D eigenvalue weighted by Gasteiger charge is -2.10. The van der Waals surface area contributed by atoms with Gasteiger partial charge < -0.3 is 11.1 Å². The van der Waals surface area contributed by atoms with Gasteiger partial charge in [0, 0.05) is 24.6 Å². The number of hydrogen-bond donors (Lipinski definition) is 2. The molecule has 1 heterocycles. The molecule has 3 N–H and O–H groups in total. The fourth-order valence-corrected chi connectivity index (χ4v) is 1.71. The standard InChI is InChI=1S/C7H13N3O2S/c8-1-3-13-4-2-10-6(11)5-9-7(10)12/h1-5,8H2,(H,9,12). The zero-order chi connectivity index (χ0) is 9.68. The molecule has 1 fully saturated rings. The van der Waals surface area contributed by atoms with E-state index in [2.05, 4.69) is 5.32 Å². The van der Waals surface area contributed by atoms with Gasteiger partial charge in [0.15, 0.2) is 0 Å². The molecule has 1 aliphatic rings. The molecule has 0 unspecified atom stereocenters. The first-order valence-electron chi connectivity index (χ1n) is 4.11. The molecule has 74 valence electrons. The van der Waals surface area contributed by atoms with Gasteiger partial charge in [0.2, 0.25) is 5.91 Å². The van der Waals surface area contributed by atoms with E-state index in [1.165, 1.54) is 4.90 Å². The summed E-state index contributed by atoms with van der Waals surface area (Å²) in [5.74, 6) is 1.48. The minimum atomic E-state index is -0.279. The first-order valence-corrected chi connectivity index (χ1v) is 5.27. The van der Waals surface area contributed by atoms with Crippen molar-refractivity contribution in [3.8, 4) is 0 Å². The van der Waals surface area contributed by atoms with Crippen LogP contribution in [-0.4, -0.2) is 48.0 Å². The summed E-state index contributed by atoms with van der Waals surface area (Å²) < 4.78 is 0. The third kappa shape index (κ3) is 2.89. The number of rotatable bonds is 5. The van der Waals surface area contributed by atoms with E-state index >= 15 is 0 Å². The van der Waals surface area contributed by atoms with Crippen LogP contribution in [0.4, 0.5) is 4.79 Å². The second-order valence-corrected chi connectivity index (χ2v) is 3.83. The summed E-state index contributed by atoms with van der Waals surface area (Å²) in [6, 6.07) is -0.279. The monoisotopic (exact) mass is 203 g/mol. The second kappa shape index (κ2) is 5.08. The van der Waals surface area contributed by atoms with Crippen LogP contribution in [0.1, 0.15) is 0 Å². The van der Waals surface area contributed by atoms with Crippen molar-refractivity contribution in [1.82, 2.24) is 10.2 Å². The Morgan fingerprint density at radius 2 is 2.23 bits per heavy atom. The van der Waals surface area contributed by atoms with Crippen molar-refractivity contribution >= 4 is 23.7 Å². The fourth-order valence-electron chi connectivity index (χ4n) is 1.02. The molecule has 0 atom stereocenters. The summed E-state index contributed by atoms with van der Waals surface area (Å²) in [7, 11) is 0. The average Bonchev–Trinajstić information content (AvgIpc) is 2.42. The predicted octanol–water partition coefficient (Wildman–Crippen LogP) is -0.770. The van der Waals surface area contributed by atoms with Crippen LogP contribution in [0.5, 0.6) is 0 Å². The lowest BCUT2D eigenvalue weighted by Crippen LogP contribution is -2.33. The molecule has 13 heavy (non-hydrogen) atoms. The number of nitrogens with two attached hydrogens (primary N) is 1. The van der Waals surface area contributed by atoms with Crippen molar-refractivity contribution in [3.63, 3.8) is 0 Å². The van der Waals surface area contributed by atoms with Crippen molar-refractivity contribution in [1.29, 1.82) is 0 Å². The van der Waals surface area contributed by atoms with Gasteiger partial charge in [-0.1, -0.05) is 0 Å². The van der Waals surface area contributed by atoms with Gasteiger partial charge in [-0.05, 0) is 0 Å². The van der Waals surface area contributed by atoms with Gasteiger partial charge >= 0.3 is 6.03 Å². The van der Waals surface area contributed by atoms with Crippen LogP contribution in [0.3, 0.4) is 0 Å². The van der Waals surface area contributed by atoms with Crippen LogP contribution >= 0.6 is 11.8 Å². The summed E-state index contributed by atoms with van der Waals surface area (Å²) in [6.07, 6.45) is 0. The molecule has 3 amide bonds. The smallest absolute Gasteiger partial charge is 0.324 e. The lowest BCUT2D eigenvalue weighted by molar-refractivity contribution is -0.124. The number of thioether (sulfide) groups is 1. The summed E-state index contributed by atoms with van der Waals surface area (Å²) in [6.45, 7) is 1.25. The molecule has 0 spiro atoms. The number of carbonyl (C=O) groups is 2. The minimum Gasteiger partial charge on any atom is -0.330 e. The second-order valence-electron chi connectivity index (χ2n) is 2.61. The number of hydrogen-bond acceptors (Lipinski definition) is 4. The van der Waals surface area contributed by atoms with E-state index < -0.39 is 0 Å². The van der Waals surface area contributed by atoms with Gasteiger partial charge in [-0.25, -0.2) is 4.79 Å². The Morgan fingerprint density at radius 1 is 1.46 bits per heavy atom. The van der Waals surface area contributed by atoms with Crippen LogP contribution in [0.15, 0.2) is 0 Å². The number of imide groups is 1. The highest BCUT2D eigenvalue weighted by molar-refractivity contribution is 7.99. The maximum Gasteiger partial charge on any atom is 0.324 e. The molecule has 0 saturated carbocycles. The van der Waals surface area contributed by atoms with Crippen molar-refractivity contribution in [2.24, 2.45) is 5.73 Å². The Hall–Kier alpha value is -0.750. The zero-order valence-corrected chi connectivity index (χ0v) is 8.10. The summed E-state index contributed by atoms with van der Waals surface area (Å²) in [4.78, 5) is 23.3. The van der Waals surface area contributed by atoms with E-state index in [1.807, 2.05) is 0 Å². The van der Waals surface area contributed by atoms with E-state index in [-0.39, 0.29) is 18.5 Å². The van der Waals surface area contributed by atoms with Crippen LogP contribution in [0, 0.1) is 0 Å². The fraction of sp³-hybridized carbons (Fsp3) is 0.714. The maximum absolute atomic E-state index is 11.1. The lowest BCUT2D eigenvalue weighted by atomic mass is 10.5. The first-order chi connectivity index (χ1) is 6.25. The zero-order valence-electron chi connectivity index (χ0n) is 7.28. The number of nitrogens with one attached hydrogen (secondary N) is 1. The van der Waals surface area contributed by atoms with E-state index in [0.29, 0.717) is 13.1 Å². The van der Waals surface area contributed by atoms with Gasteiger partial charge in [-0.2, -0.15) is 11.8 Å². The van der Waals surface area contributed by atoms with E-state index in [1.54, 1.807) is 11.8 Å². The highest BCUT2D eigenvalue weighted by Crippen LogP contribution is 2.03. The third-order valence-corrected chi connectivity index (χ3v) is 2.65. The van der Waals surface area contributed by atoms with Crippen molar-refractivity contribution < 1.29 is 9.59 Å². The van der Waals surface area contributed by atoms with E-state index in [4.69, 9.17) is 5.73 Å². The number of carbonyl (C=O) groups excluding carboxylic acids is 2. The van der Waals surface area contributed by atoms with Gasteiger partial charge in [0.1, 0.15) is 0 Å². The van der Waals surface area contributed by atoms with Crippen LogP contribution in [0.25, 0.3) is 0 Å². The first kappa shape index (κ1) is 10.3. The van der Waals surface area contributed by atoms with Crippen LogP contribution in [0.2, 0.25) is 0 Å². The van der Waals surface area contributed by atoms with E-state index in [0.717, 1.165) is 11.5 Å². The topological polar surface area (TPSA) is 75.4 Å². The Kier molecular flexibility index (Phi) is 4.04. The average molecular weight is 203 g/mol. The largest absolute Gasteiger partial charge is 0.330 e. The van der Waals surface area contributed by atoms with Crippen molar-refractivity contribution in [3.05, 3.63) is 0 Å². The van der Waals surface area contributed by atoms with Crippen molar-refractivity contribution in [2.45, 2.75) is 0 Å². The van der Waals surface area contributed by atoms with E-state index in [9.17, 15) is 9.59 Å². The maximum atomic E-state index is 11.1. The van der Waals surface area contributed by atoms with Crippen LogP contribution in [-0.2, 0) is 4.79 Å². The quantitative estimate of drug-likeness (QED) is 0.454. The van der Waals surface area contributed by atoms with Crippen LogP contribution < -0.4 is 11.1 Å². The SMILES string of the molecule is NCCSCCN1C(=O)CNC1=O. The van der Waals surface area contributed by atoms with Gasteiger partial charge in [-0.3, -0.25) is 9.69 Å². The normalized spacial score (nSPS) is 16.5. The molecule has 0 aromatic rings. The number of amides is 3. The highest BCUT2D eigenvalue weighted by atomic mass is 32.2. The van der Waals surface area contributed by atoms with Gasteiger partial charge in [0.05, 0.1) is 6.54 Å². The molecule has 6 heteroatoms. The summed E-state index contributed by atoms with van der Waals surface area (Å²) in [5, 5.41) is 2.46.